The smallest absolute Gasteiger partial charge is 0.246 e. The Bertz CT molecular complexity index is 582. The van der Waals surface area contributed by atoms with Crippen molar-refractivity contribution in [1.29, 1.82) is 0 Å². The van der Waals surface area contributed by atoms with Gasteiger partial charge in [0.2, 0.25) is 10.0 Å². The molecule has 2 rings (SSSR count). The van der Waals surface area contributed by atoms with Crippen molar-refractivity contribution in [1.82, 2.24) is 9.62 Å². The topological polar surface area (TPSA) is 58.6 Å². The summed E-state index contributed by atoms with van der Waals surface area (Å²) in [5.74, 6) is 0.452. The molecule has 5 nitrogen and oxygen atoms in total. The van der Waals surface area contributed by atoms with E-state index in [9.17, 15) is 8.42 Å². The molecule has 0 aliphatic carbocycles. The molecule has 1 saturated heterocycles. The first-order valence-electron chi connectivity index (χ1n) is 6.83. The van der Waals surface area contributed by atoms with Crippen molar-refractivity contribution in [2.24, 2.45) is 0 Å². The van der Waals surface area contributed by atoms with E-state index in [0.29, 0.717) is 25.4 Å². The number of aryl methyl sites for hydroxylation is 2. The van der Waals surface area contributed by atoms with E-state index in [1.807, 2.05) is 19.9 Å². The summed E-state index contributed by atoms with van der Waals surface area (Å²) in [6.07, 6.45) is 0.826. The second kappa shape index (κ2) is 7.45. The predicted molar refractivity (Wildman–Crippen MR) is 86.0 cm³/mol. The third-order valence-corrected chi connectivity index (χ3v) is 5.41. The second-order valence-corrected chi connectivity index (χ2v) is 7.03. The number of ether oxygens (including phenoxy) is 1. The van der Waals surface area contributed by atoms with E-state index in [-0.39, 0.29) is 17.3 Å². The lowest BCUT2D eigenvalue weighted by Gasteiger charge is -2.22. The van der Waals surface area contributed by atoms with Gasteiger partial charge in [-0.05, 0) is 44.0 Å². The van der Waals surface area contributed by atoms with Gasteiger partial charge in [0.15, 0.2) is 0 Å². The molecule has 0 unspecified atom stereocenters. The molecular weight excluding hydrogens is 312 g/mol. The molecule has 120 valence electrons. The number of sulfonamides is 1. The highest BCUT2D eigenvalue weighted by Crippen LogP contribution is 2.31. The van der Waals surface area contributed by atoms with Crippen LogP contribution in [0.1, 0.15) is 17.5 Å². The number of hydrogen-bond acceptors (Lipinski definition) is 4. The van der Waals surface area contributed by atoms with Gasteiger partial charge >= 0.3 is 0 Å². The van der Waals surface area contributed by atoms with Crippen molar-refractivity contribution in [3.8, 4) is 5.75 Å². The standard InChI is InChI=1S/C14H22N2O3S.ClH/c1-11-9-12(2)14(19-3)13(10-11)20(17,18)16-7-4-5-15-6-8-16;/h9-10,15H,4-8H2,1-3H3;1H. The zero-order valence-electron chi connectivity index (χ0n) is 12.7. The Hall–Kier alpha value is -0.820. The minimum absolute atomic E-state index is 0. The average Bonchev–Trinajstić information content (AvgIpc) is 2.67. The van der Waals surface area contributed by atoms with Crippen LogP contribution >= 0.6 is 12.4 Å². The van der Waals surface area contributed by atoms with Gasteiger partial charge in [0, 0.05) is 19.6 Å². The number of methoxy groups -OCH3 is 1. The average molecular weight is 335 g/mol. The van der Waals surface area contributed by atoms with Crippen molar-refractivity contribution in [2.45, 2.75) is 25.2 Å². The molecule has 1 heterocycles. The minimum atomic E-state index is -3.50. The first-order valence-corrected chi connectivity index (χ1v) is 8.27. The highest BCUT2D eigenvalue weighted by Gasteiger charge is 2.29. The Morgan fingerprint density at radius 3 is 2.57 bits per heavy atom. The summed E-state index contributed by atoms with van der Waals surface area (Å²) in [5.41, 5.74) is 1.77. The van der Waals surface area contributed by atoms with Crippen LogP contribution in [0.15, 0.2) is 17.0 Å². The predicted octanol–water partition coefficient (Wildman–Crippen LogP) is 1.72. The monoisotopic (exact) mass is 334 g/mol. The summed E-state index contributed by atoms with van der Waals surface area (Å²) in [7, 11) is -1.99. The highest BCUT2D eigenvalue weighted by molar-refractivity contribution is 7.89. The van der Waals surface area contributed by atoms with Gasteiger partial charge in [-0.3, -0.25) is 0 Å². The van der Waals surface area contributed by atoms with Crippen LogP contribution in [0.25, 0.3) is 0 Å². The number of nitrogens with zero attached hydrogens (tertiary/aromatic N) is 1. The van der Waals surface area contributed by atoms with Crippen molar-refractivity contribution in [3.63, 3.8) is 0 Å². The highest BCUT2D eigenvalue weighted by atomic mass is 35.5. The van der Waals surface area contributed by atoms with Gasteiger partial charge in [0.1, 0.15) is 10.6 Å². The van der Waals surface area contributed by atoms with Crippen LogP contribution in [0, 0.1) is 13.8 Å². The summed E-state index contributed by atoms with van der Waals surface area (Å²) in [6, 6.07) is 3.63. The number of halogens is 1. The van der Waals surface area contributed by atoms with E-state index in [0.717, 1.165) is 24.1 Å². The lowest BCUT2D eigenvalue weighted by molar-refractivity contribution is 0.390. The number of nitrogens with one attached hydrogen (secondary N) is 1. The quantitative estimate of drug-likeness (QED) is 0.914. The van der Waals surface area contributed by atoms with Crippen molar-refractivity contribution >= 4 is 22.4 Å². The van der Waals surface area contributed by atoms with Crippen LogP contribution in [0.2, 0.25) is 0 Å². The SMILES string of the molecule is COc1c(C)cc(C)cc1S(=O)(=O)N1CCCNCC1.Cl. The maximum atomic E-state index is 12.8. The molecule has 1 aromatic rings. The fraction of sp³-hybridized carbons (Fsp3) is 0.571. The fourth-order valence-electron chi connectivity index (χ4n) is 2.57. The van der Waals surface area contributed by atoms with Gasteiger partial charge in [-0.2, -0.15) is 4.31 Å². The maximum absolute atomic E-state index is 12.8. The van der Waals surface area contributed by atoms with Crippen LogP contribution in [-0.4, -0.2) is 46.0 Å². The zero-order chi connectivity index (χ0) is 14.8. The summed E-state index contributed by atoms with van der Waals surface area (Å²) in [4.78, 5) is 0.277. The van der Waals surface area contributed by atoms with E-state index in [1.54, 1.807) is 10.4 Å². The molecule has 7 heteroatoms. The van der Waals surface area contributed by atoms with Crippen LogP contribution < -0.4 is 10.1 Å². The van der Waals surface area contributed by atoms with Crippen LogP contribution in [0.4, 0.5) is 0 Å². The largest absolute Gasteiger partial charge is 0.495 e. The van der Waals surface area contributed by atoms with Gasteiger partial charge in [0.05, 0.1) is 7.11 Å². The van der Waals surface area contributed by atoms with Crippen molar-refractivity contribution in [2.75, 3.05) is 33.3 Å². The summed E-state index contributed by atoms with van der Waals surface area (Å²) < 4.78 is 32.5. The molecule has 1 aromatic carbocycles. The Balaban J connectivity index is 0.00000220. The van der Waals surface area contributed by atoms with Gasteiger partial charge < -0.3 is 10.1 Å². The normalized spacial score (nSPS) is 16.9. The van der Waals surface area contributed by atoms with Gasteiger partial charge in [-0.25, -0.2) is 8.42 Å². The fourth-order valence-corrected chi connectivity index (χ4v) is 4.36. The van der Waals surface area contributed by atoms with Crippen molar-refractivity contribution in [3.05, 3.63) is 23.3 Å². The van der Waals surface area contributed by atoms with Gasteiger partial charge in [0.25, 0.3) is 0 Å². The minimum Gasteiger partial charge on any atom is -0.495 e. The molecule has 1 fully saturated rings. The van der Waals surface area contributed by atoms with Gasteiger partial charge in [-0.15, -0.1) is 12.4 Å². The Labute approximate surface area is 133 Å². The van der Waals surface area contributed by atoms with E-state index in [2.05, 4.69) is 5.32 Å². The van der Waals surface area contributed by atoms with Gasteiger partial charge in [-0.1, -0.05) is 6.07 Å². The van der Waals surface area contributed by atoms with E-state index < -0.39 is 10.0 Å². The summed E-state index contributed by atoms with van der Waals surface area (Å²) >= 11 is 0. The third-order valence-electron chi connectivity index (χ3n) is 3.51. The second-order valence-electron chi connectivity index (χ2n) is 5.12. The summed E-state index contributed by atoms with van der Waals surface area (Å²) in [6.45, 7) is 6.36. The first kappa shape index (κ1) is 18.2. The van der Waals surface area contributed by atoms with Crippen LogP contribution in [0.5, 0.6) is 5.75 Å². The molecule has 0 saturated carbocycles. The molecule has 21 heavy (non-hydrogen) atoms. The molecule has 0 atom stereocenters. The lowest BCUT2D eigenvalue weighted by Crippen LogP contribution is -2.34. The van der Waals surface area contributed by atoms with Crippen LogP contribution in [0.3, 0.4) is 0 Å². The third kappa shape index (κ3) is 3.88. The number of rotatable bonds is 3. The van der Waals surface area contributed by atoms with Crippen molar-refractivity contribution < 1.29 is 13.2 Å². The Morgan fingerprint density at radius 2 is 1.90 bits per heavy atom. The Morgan fingerprint density at radius 1 is 1.19 bits per heavy atom. The molecule has 0 bridgehead atoms. The summed E-state index contributed by atoms with van der Waals surface area (Å²) in [5, 5.41) is 3.21. The lowest BCUT2D eigenvalue weighted by atomic mass is 10.1. The molecule has 0 aromatic heterocycles. The van der Waals surface area contributed by atoms with E-state index >= 15 is 0 Å². The maximum Gasteiger partial charge on any atom is 0.246 e. The molecular formula is C14H23ClN2O3S. The van der Waals surface area contributed by atoms with E-state index in [4.69, 9.17) is 4.74 Å². The number of benzene rings is 1. The molecule has 0 radical (unpaired) electrons. The Kier molecular flexibility index (Phi) is 6.46. The molecule has 0 amide bonds. The molecule has 1 aliphatic heterocycles. The van der Waals surface area contributed by atoms with E-state index in [1.165, 1.54) is 7.11 Å². The van der Waals surface area contributed by atoms with Crippen LogP contribution in [-0.2, 0) is 10.0 Å². The number of hydrogen-bond donors (Lipinski definition) is 1. The molecule has 0 spiro atoms. The zero-order valence-corrected chi connectivity index (χ0v) is 14.3. The molecule has 1 N–H and O–H groups in total. The molecule has 1 aliphatic rings. The first-order chi connectivity index (χ1) is 9.46.